The summed E-state index contributed by atoms with van der Waals surface area (Å²) in [5.41, 5.74) is 0.144. The van der Waals surface area contributed by atoms with Crippen molar-refractivity contribution in [2.75, 3.05) is 20.1 Å². The van der Waals surface area contributed by atoms with Gasteiger partial charge in [-0.3, -0.25) is 10.2 Å². The lowest BCUT2D eigenvalue weighted by molar-refractivity contribution is 0.120. The highest BCUT2D eigenvalue weighted by molar-refractivity contribution is 4.74. The van der Waals surface area contributed by atoms with Gasteiger partial charge in [-0.05, 0) is 40.4 Å². The molecular formula is C9H22N2. The standard InChI is InChI=1S/C9H22N2/c1-6-8-11(5)9(3,4)10-7-2/h10H,6-8H2,1-5H3. The third kappa shape index (κ3) is 3.73. The molecule has 0 fully saturated rings. The quantitative estimate of drug-likeness (QED) is 0.612. The molecule has 11 heavy (non-hydrogen) atoms. The van der Waals surface area contributed by atoms with Gasteiger partial charge in [-0.1, -0.05) is 13.8 Å². The molecule has 0 bridgehead atoms. The molecule has 0 saturated carbocycles. The molecular weight excluding hydrogens is 136 g/mol. The van der Waals surface area contributed by atoms with E-state index in [2.05, 4.69) is 45.0 Å². The second kappa shape index (κ2) is 4.73. The van der Waals surface area contributed by atoms with Gasteiger partial charge in [0.2, 0.25) is 0 Å². The molecule has 2 heteroatoms. The van der Waals surface area contributed by atoms with E-state index in [9.17, 15) is 0 Å². The largest absolute Gasteiger partial charge is 0.300 e. The second-order valence-corrected chi connectivity index (χ2v) is 3.51. The molecule has 0 heterocycles. The summed E-state index contributed by atoms with van der Waals surface area (Å²) in [6.45, 7) is 11.0. The van der Waals surface area contributed by atoms with E-state index in [1.54, 1.807) is 0 Å². The Bertz CT molecular complexity index is 99.7. The minimum absolute atomic E-state index is 0.144. The molecule has 0 spiro atoms. The van der Waals surface area contributed by atoms with Crippen LogP contribution in [-0.2, 0) is 0 Å². The van der Waals surface area contributed by atoms with Crippen LogP contribution in [0.5, 0.6) is 0 Å². The first-order valence-electron chi connectivity index (χ1n) is 4.50. The fourth-order valence-corrected chi connectivity index (χ4v) is 1.18. The van der Waals surface area contributed by atoms with Crippen LogP contribution in [0.3, 0.4) is 0 Å². The third-order valence-corrected chi connectivity index (χ3v) is 2.12. The van der Waals surface area contributed by atoms with Gasteiger partial charge in [0.05, 0.1) is 5.66 Å². The van der Waals surface area contributed by atoms with Crippen LogP contribution in [0.4, 0.5) is 0 Å². The first-order valence-corrected chi connectivity index (χ1v) is 4.50. The first kappa shape index (κ1) is 10.9. The van der Waals surface area contributed by atoms with Crippen molar-refractivity contribution < 1.29 is 0 Å². The van der Waals surface area contributed by atoms with Crippen molar-refractivity contribution in [3.63, 3.8) is 0 Å². The van der Waals surface area contributed by atoms with Crippen molar-refractivity contribution in [3.8, 4) is 0 Å². The Morgan fingerprint density at radius 1 is 1.27 bits per heavy atom. The lowest BCUT2D eigenvalue weighted by Gasteiger charge is -2.36. The fourth-order valence-electron chi connectivity index (χ4n) is 1.18. The van der Waals surface area contributed by atoms with E-state index < -0.39 is 0 Å². The van der Waals surface area contributed by atoms with Crippen molar-refractivity contribution in [2.45, 2.75) is 39.8 Å². The van der Waals surface area contributed by atoms with Crippen molar-refractivity contribution in [1.29, 1.82) is 0 Å². The van der Waals surface area contributed by atoms with Crippen molar-refractivity contribution >= 4 is 0 Å². The number of rotatable bonds is 5. The van der Waals surface area contributed by atoms with Gasteiger partial charge in [-0.25, -0.2) is 0 Å². The average molecular weight is 158 g/mol. The Balaban J connectivity index is 3.83. The normalized spacial score (nSPS) is 12.5. The van der Waals surface area contributed by atoms with Gasteiger partial charge in [0.1, 0.15) is 0 Å². The van der Waals surface area contributed by atoms with E-state index >= 15 is 0 Å². The van der Waals surface area contributed by atoms with Crippen LogP contribution < -0.4 is 5.32 Å². The maximum Gasteiger partial charge on any atom is 0.0651 e. The molecule has 0 aromatic rings. The number of hydrogen-bond donors (Lipinski definition) is 1. The summed E-state index contributed by atoms with van der Waals surface area (Å²) >= 11 is 0. The third-order valence-electron chi connectivity index (χ3n) is 2.12. The lowest BCUT2D eigenvalue weighted by Crippen LogP contribution is -2.52. The molecule has 0 amide bonds. The molecule has 0 aromatic heterocycles. The summed E-state index contributed by atoms with van der Waals surface area (Å²) in [7, 11) is 2.16. The van der Waals surface area contributed by atoms with Crippen LogP contribution in [-0.4, -0.2) is 30.7 Å². The van der Waals surface area contributed by atoms with Crippen molar-refractivity contribution in [1.82, 2.24) is 10.2 Å². The van der Waals surface area contributed by atoms with E-state index in [1.165, 1.54) is 6.42 Å². The fraction of sp³-hybridized carbons (Fsp3) is 1.00. The molecule has 0 aliphatic heterocycles. The Morgan fingerprint density at radius 3 is 2.18 bits per heavy atom. The predicted octanol–water partition coefficient (Wildman–Crippen LogP) is 1.67. The Morgan fingerprint density at radius 2 is 1.82 bits per heavy atom. The molecule has 0 aliphatic rings. The summed E-state index contributed by atoms with van der Waals surface area (Å²) < 4.78 is 0. The van der Waals surface area contributed by atoms with E-state index in [0.717, 1.165) is 13.1 Å². The van der Waals surface area contributed by atoms with Gasteiger partial charge in [0.15, 0.2) is 0 Å². The van der Waals surface area contributed by atoms with Gasteiger partial charge < -0.3 is 0 Å². The first-order chi connectivity index (χ1) is 5.04. The second-order valence-electron chi connectivity index (χ2n) is 3.51. The van der Waals surface area contributed by atoms with E-state index in [1.807, 2.05) is 0 Å². The van der Waals surface area contributed by atoms with Crippen LogP contribution in [0.2, 0.25) is 0 Å². The Labute approximate surface area is 71.0 Å². The minimum atomic E-state index is 0.144. The summed E-state index contributed by atoms with van der Waals surface area (Å²) in [4.78, 5) is 2.34. The molecule has 0 atom stereocenters. The van der Waals surface area contributed by atoms with E-state index in [4.69, 9.17) is 0 Å². The summed E-state index contributed by atoms with van der Waals surface area (Å²) in [6, 6.07) is 0. The zero-order valence-corrected chi connectivity index (χ0v) is 8.57. The number of nitrogens with one attached hydrogen (secondary N) is 1. The monoisotopic (exact) mass is 158 g/mol. The zero-order chi connectivity index (χ0) is 8.91. The highest BCUT2D eigenvalue weighted by atomic mass is 15.3. The summed E-state index contributed by atoms with van der Waals surface area (Å²) in [6.07, 6.45) is 1.21. The molecule has 0 aromatic carbocycles. The molecule has 68 valence electrons. The SMILES string of the molecule is CCCN(C)C(C)(C)NCC. The summed E-state index contributed by atoms with van der Waals surface area (Å²) in [5, 5.41) is 3.43. The maximum atomic E-state index is 3.43. The van der Waals surface area contributed by atoms with Gasteiger partial charge >= 0.3 is 0 Å². The molecule has 1 N–H and O–H groups in total. The number of nitrogens with zero attached hydrogens (tertiary/aromatic N) is 1. The Hall–Kier alpha value is -0.0800. The highest BCUT2D eigenvalue weighted by Gasteiger charge is 2.20. The van der Waals surface area contributed by atoms with Crippen molar-refractivity contribution in [3.05, 3.63) is 0 Å². The smallest absolute Gasteiger partial charge is 0.0651 e. The van der Waals surface area contributed by atoms with Gasteiger partial charge in [0.25, 0.3) is 0 Å². The molecule has 2 nitrogen and oxygen atoms in total. The molecule has 0 rings (SSSR count). The molecule has 0 radical (unpaired) electrons. The van der Waals surface area contributed by atoms with Crippen LogP contribution in [0.25, 0.3) is 0 Å². The topological polar surface area (TPSA) is 15.3 Å². The maximum absolute atomic E-state index is 3.43. The van der Waals surface area contributed by atoms with Crippen LogP contribution >= 0.6 is 0 Å². The predicted molar refractivity (Wildman–Crippen MR) is 50.7 cm³/mol. The molecule has 0 saturated heterocycles. The van der Waals surface area contributed by atoms with Crippen LogP contribution in [0.1, 0.15) is 34.1 Å². The van der Waals surface area contributed by atoms with Crippen LogP contribution in [0.15, 0.2) is 0 Å². The molecule has 0 aliphatic carbocycles. The van der Waals surface area contributed by atoms with Crippen LogP contribution in [0, 0.1) is 0 Å². The highest BCUT2D eigenvalue weighted by Crippen LogP contribution is 2.07. The minimum Gasteiger partial charge on any atom is -0.300 e. The van der Waals surface area contributed by atoms with Gasteiger partial charge in [-0.2, -0.15) is 0 Å². The van der Waals surface area contributed by atoms with E-state index in [-0.39, 0.29) is 5.66 Å². The number of hydrogen-bond acceptors (Lipinski definition) is 2. The molecule has 0 unspecified atom stereocenters. The van der Waals surface area contributed by atoms with E-state index in [0.29, 0.717) is 0 Å². The zero-order valence-electron chi connectivity index (χ0n) is 8.57. The Kier molecular flexibility index (Phi) is 4.69. The van der Waals surface area contributed by atoms with Gasteiger partial charge in [-0.15, -0.1) is 0 Å². The summed E-state index contributed by atoms with van der Waals surface area (Å²) in [5.74, 6) is 0. The van der Waals surface area contributed by atoms with Crippen molar-refractivity contribution in [2.24, 2.45) is 0 Å². The average Bonchev–Trinajstić information content (AvgIpc) is 1.88. The van der Waals surface area contributed by atoms with Gasteiger partial charge in [0, 0.05) is 0 Å². The lowest BCUT2D eigenvalue weighted by atomic mass is 10.2.